The van der Waals surface area contributed by atoms with Crippen LogP contribution in [-0.2, 0) is 38.3 Å². The summed E-state index contributed by atoms with van der Waals surface area (Å²) in [5, 5.41) is 30.8. The second-order valence-electron chi connectivity index (χ2n) is 20.6. The largest absolute Gasteiger partial charge is 0.457 e. The van der Waals surface area contributed by atoms with Gasteiger partial charge in [0.05, 0.1) is 19.8 Å². The molecule has 1 aliphatic heterocycles. The molecule has 0 amide bonds. The Balaban J connectivity index is 2.27. The number of hydrogen-bond acceptors (Lipinski definition) is 11. The highest BCUT2D eigenvalue weighted by molar-refractivity contribution is 7.80. The summed E-state index contributed by atoms with van der Waals surface area (Å²) in [6.07, 6.45) is 48.2. The first-order chi connectivity index (χ1) is 34.1. The Morgan fingerprint density at radius 3 is 1.29 bits per heavy atom. The van der Waals surface area contributed by atoms with Gasteiger partial charge in [-0.2, -0.15) is 8.42 Å². The zero-order valence-electron chi connectivity index (χ0n) is 45.1. The number of aliphatic hydroxyl groups excluding tert-OH is 3. The molecule has 0 bridgehead atoms. The summed E-state index contributed by atoms with van der Waals surface area (Å²) >= 11 is 0. The number of allylic oxidation sites excluding steroid dienone is 2. The highest BCUT2D eigenvalue weighted by atomic mass is 32.3. The number of esters is 1. The Morgan fingerprint density at radius 1 is 0.529 bits per heavy atom. The van der Waals surface area contributed by atoms with Crippen LogP contribution in [0.5, 0.6) is 0 Å². The second kappa shape index (κ2) is 48.8. The Bertz CT molecular complexity index is 1270. The lowest BCUT2D eigenvalue weighted by Crippen LogP contribution is -2.60. The van der Waals surface area contributed by atoms with Crippen LogP contribution < -0.4 is 0 Å². The molecule has 0 aliphatic carbocycles. The van der Waals surface area contributed by atoms with Crippen LogP contribution in [-0.4, -0.2) is 97.5 Å². The monoisotopic (exact) mass is 1020 g/mol. The Labute approximate surface area is 429 Å². The molecule has 1 aliphatic rings. The molecule has 70 heavy (non-hydrogen) atoms. The third kappa shape index (κ3) is 41.2. The Kier molecular flexibility index (Phi) is 46.6. The Morgan fingerprint density at radius 2 is 0.900 bits per heavy atom. The van der Waals surface area contributed by atoms with E-state index in [1.807, 2.05) is 0 Å². The first kappa shape index (κ1) is 66.9. The van der Waals surface area contributed by atoms with Crippen molar-refractivity contribution in [2.45, 2.75) is 320 Å². The SMILES string of the molecule is CCCCCCCCCC/C=C\CCCCCCCCCCCCCCOCC(COC1OC(CO)C(O)C(OS(=O)(=O)O)C1O)OC(=O)CCCCCCCCCCCCCCCCCCCCC. The standard InChI is InChI=1S/C57H110O12S/c1-3-5-7-9-11-13-15-17-19-21-23-24-25-26-27-29-31-33-35-37-39-41-43-45-47-65-49-51(50-66-57-55(61)56(69-70(62,63)64)54(60)52(48-58)68-57)67-53(59)46-44-42-40-38-36-34-32-30-28-22-20-18-16-14-12-10-8-6-4-2/h21,23,51-52,54-58,60-61H,3-20,22,24-50H2,1-2H3,(H,62,63,64)/b23-21-. The predicted molar refractivity (Wildman–Crippen MR) is 285 cm³/mol. The van der Waals surface area contributed by atoms with Gasteiger partial charge in [0.25, 0.3) is 0 Å². The van der Waals surface area contributed by atoms with Gasteiger partial charge < -0.3 is 34.3 Å². The molecule has 4 N–H and O–H groups in total. The van der Waals surface area contributed by atoms with Crippen molar-refractivity contribution in [3.05, 3.63) is 12.2 Å². The minimum Gasteiger partial charge on any atom is -0.457 e. The van der Waals surface area contributed by atoms with Crippen molar-refractivity contribution in [2.24, 2.45) is 0 Å². The van der Waals surface area contributed by atoms with Crippen LogP contribution in [0.1, 0.15) is 284 Å². The van der Waals surface area contributed by atoms with E-state index >= 15 is 0 Å². The lowest BCUT2D eigenvalue weighted by atomic mass is 9.99. The summed E-state index contributed by atoms with van der Waals surface area (Å²) in [5.41, 5.74) is 0. The van der Waals surface area contributed by atoms with Crippen LogP contribution in [0.25, 0.3) is 0 Å². The summed E-state index contributed by atoms with van der Waals surface area (Å²) in [6, 6.07) is 0. The van der Waals surface area contributed by atoms with Crippen molar-refractivity contribution >= 4 is 16.4 Å². The second-order valence-corrected chi connectivity index (χ2v) is 21.6. The maximum Gasteiger partial charge on any atom is 0.397 e. The lowest BCUT2D eigenvalue weighted by molar-refractivity contribution is -0.301. The molecule has 416 valence electrons. The molecular formula is C57H110O12S. The number of rotatable bonds is 53. The van der Waals surface area contributed by atoms with E-state index in [9.17, 15) is 33.1 Å². The van der Waals surface area contributed by atoms with Gasteiger partial charge in [-0.15, -0.1) is 0 Å². The molecular weight excluding hydrogens is 909 g/mol. The third-order valence-electron chi connectivity index (χ3n) is 13.9. The summed E-state index contributed by atoms with van der Waals surface area (Å²) in [6.45, 7) is 4.06. The molecule has 6 atom stereocenters. The fourth-order valence-corrected chi connectivity index (χ4v) is 9.94. The molecule has 0 aromatic rings. The van der Waals surface area contributed by atoms with E-state index in [-0.39, 0.29) is 19.6 Å². The van der Waals surface area contributed by atoms with Crippen molar-refractivity contribution < 1.29 is 56.2 Å². The third-order valence-corrected chi connectivity index (χ3v) is 14.4. The normalized spacial score (nSPS) is 19.1. The van der Waals surface area contributed by atoms with Gasteiger partial charge in [-0.25, -0.2) is 4.18 Å². The molecule has 12 nitrogen and oxygen atoms in total. The topological polar surface area (TPSA) is 178 Å². The summed E-state index contributed by atoms with van der Waals surface area (Å²) in [5.74, 6) is -0.391. The van der Waals surface area contributed by atoms with Gasteiger partial charge in [-0.05, 0) is 38.5 Å². The zero-order chi connectivity index (χ0) is 51.0. The van der Waals surface area contributed by atoms with Gasteiger partial charge in [-0.1, -0.05) is 251 Å². The van der Waals surface area contributed by atoms with E-state index in [4.69, 9.17) is 18.9 Å². The van der Waals surface area contributed by atoms with Crippen LogP contribution in [0.15, 0.2) is 12.2 Å². The van der Waals surface area contributed by atoms with Crippen molar-refractivity contribution in [2.75, 3.05) is 26.4 Å². The number of unbranched alkanes of at least 4 members (excludes halogenated alkanes) is 38. The van der Waals surface area contributed by atoms with Gasteiger partial charge in [-0.3, -0.25) is 9.35 Å². The molecule has 0 spiro atoms. The van der Waals surface area contributed by atoms with Gasteiger partial charge in [0.15, 0.2) is 6.29 Å². The van der Waals surface area contributed by atoms with Crippen LogP contribution >= 0.6 is 0 Å². The van der Waals surface area contributed by atoms with Crippen molar-refractivity contribution in [1.82, 2.24) is 0 Å². The minimum absolute atomic E-state index is 0.0425. The first-order valence-electron chi connectivity index (χ1n) is 29.4. The molecule has 6 unspecified atom stereocenters. The van der Waals surface area contributed by atoms with Crippen molar-refractivity contribution in [3.8, 4) is 0 Å². The number of carbonyl (C=O) groups excluding carboxylic acids is 1. The predicted octanol–water partition coefficient (Wildman–Crippen LogP) is 14.5. The average Bonchev–Trinajstić information content (AvgIpc) is 3.34. The van der Waals surface area contributed by atoms with E-state index in [0.29, 0.717) is 13.0 Å². The highest BCUT2D eigenvalue weighted by Gasteiger charge is 2.48. The fraction of sp³-hybridized carbons (Fsp3) is 0.947. The molecule has 0 aromatic carbocycles. The maximum atomic E-state index is 13.0. The molecule has 0 saturated carbocycles. The maximum absolute atomic E-state index is 13.0. The van der Waals surface area contributed by atoms with Crippen LogP contribution in [0.3, 0.4) is 0 Å². The van der Waals surface area contributed by atoms with Crippen LogP contribution in [0, 0.1) is 0 Å². The number of carbonyl (C=O) groups is 1. The number of aliphatic hydroxyl groups is 3. The van der Waals surface area contributed by atoms with Crippen LogP contribution in [0.2, 0.25) is 0 Å². The highest BCUT2D eigenvalue weighted by Crippen LogP contribution is 2.26. The van der Waals surface area contributed by atoms with E-state index in [1.165, 1.54) is 218 Å². The first-order valence-corrected chi connectivity index (χ1v) is 30.8. The Hall–Kier alpha value is -1.16. The molecule has 13 heteroatoms. The van der Waals surface area contributed by atoms with Gasteiger partial charge >= 0.3 is 16.4 Å². The fourth-order valence-electron chi connectivity index (χ4n) is 9.44. The average molecular weight is 1020 g/mol. The molecule has 1 fully saturated rings. The zero-order valence-corrected chi connectivity index (χ0v) is 45.9. The van der Waals surface area contributed by atoms with E-state index < -0.39 is 59.8 Å². The summed E-state index contributed by atoms with van der Waals surface area (Å²) in [7, 11) is -5.06. The van der Waals surface area contributed by atoms with Crippen molar-refractivity contribution in [3.63, 3.8) is 0 Å². The quantitative estimate of drug-likeness (QED) is 0.0196. The molecule has 1 heterocycles. The van der Waals surface area contributed by atoms with Gasteiger partial charge in [0.2, 0.25) is 0 Å². The molecule has 0 radical (unpaired) electrons. The molecule has 1 rings (SSSR count). The van der Waals surface area contributed by atoms with Crippen LogP contribution in [0.4, 0.5) is 0 Å². The molecule has 0 aromatic heterocycles. The van der Waals surface area contributed by atoms with E-state index in [2.05, 4.69) is 30.2 Å². The van der Waals surface area contributed by atoms with Crippen molar-refractivity contribution in [1.29, 1.82) is 0 Å². The summed E-state index contributed by atoms with van der Waals surface area (Å²) in [4.78, 5) is 13.0. The van der Waals surface area contributed by atoms with E-state index in [1.54, 1.807) is 0 Å². The van der Waals surface area contributed by atoms with E-state index in [0.717, 1.165) is 38.5 Å². The smallest absolute Gasteiger partial charge is 0.397 e. The number of hydrogen-bond donors (Lipinski definition) is 4. The minimum atomic E-state index is -5.06. The lowest BCUT2D eigenvalue weighted by Gasteiger charge is -2.41. The van der Waals surface area contributed by atoms with Gasteiger partial charge in [0.1, 0.15) is 30.5 Å². The molecule has 1 saturated heterocycles. The van der Waals surface area contributed by atoms with Gasteiger partial charge in [0, 0.05) is 13.0 Å². The number of ether oxygens (including phenoxy) is 4. The summed E-state index contributed by atoms with van der Waals surface area (Å²) < 4.78 is 59.5.